The van der Waals surface area contributed by atoms with Crippen LogP contribution in [-0.2, 0) is 22.9 Å². The third-order valence-corrected chi connectivity index (χ3v) is 6.80. The Hall–Kier alpha value is -1.44. The molecule has 1 aliphatic rings. The molecule has 21 heavy (non-hydrogen) atoms. The van der Waals surface area contributed by atoms with E-state index in [2.05, 4.69) is 21.8 Å². The molecule has 3 N–H and O–H groups in total. The van der Waals surface area contributed by atoms with Crippen LogP contribution in [0.15, 0.2) is 28.5 Å². The van der Waals surface area contributed by atoms with E-state index in [1.54, 1.807) is 6.92 Å². The van der Waals surface area contributed by atoms with Crippen LogP contribution in [0.3, 0.4) is 0 Å². The number of anilines is 1. The lowest BCUT2D eigenvalue weighted by Gasteiger charge is -2.25. The van der Waals surface area contributed by atoms with Gasteiger partial charge in [0.25, 0.3) is 10.0 Å². The van der Waals surface area contributed by atoms with Crippen LogP contribution in [0.2, 0.25) is 0 Å². The van der Waals surface area contributed by atoms with Gasteiger partial charge in [-0.15, -0.1) is 0 Å². The highest BCUT2D eigenvalue weighted by molar-refractivity contribution is 7.91. The van der Waals surface area contributed by atoms with Crippen LogP contribution in [0, 0.1) is 6.92 Å². The molecule has 3 rings (SSSR count). The molecule has 1 aliphatic carbocycles. The number of benzene rings is 1. The minimum absolute atomic E-state index is 0.0763. The number of hydrogen-bond donors (Lipinski definition) is 2. The van der Waals surface area contributed by atoms with Crippen molar-refractivity contribution in [3.05, 3.63) is 41.1 Å². The molecule has 0 aliphatic heterocycles. The molecular weight excluding hydrogens is 306 g/mol. The molecule has 0 bridgehead atoms. The first kappa shape index (κ1) is 14.5. The van der Waals surface area contributed by atoms with Gasteiger partial charge in [0.15, 0.2) is 9.34 Å². The molecule has 1 atom stereocenters. The van der Waals surface area contributed by atoms with Crippen molar-refractivity contribution in [1.29, 1.82) is 0 Å². The summed E-state index contributed by atoms with van der Waals surface area (Å²) in [6.07, 6.45) is 2.43. The van der Waals surface area contributed by atoms with E-state index in [4.69, 9.17) is 5.73 Å². The van der Waals surface area contributed by atoms with E-state index in [0.717, 1.165) is 30.6 Å². The van der Waals surface area contributed by atoms with Crippen molar-refractivity contribution < 1.29 is 8.42 Å². The topological polar surface area (TPSA) is 85.1 Å². The molecule has 0 radical (unpaired) electrons. The molecule has 5 nitrogen and oxygen atoms in total. The quantitative estimate of drug-likeness (QED) is 0.903. The fraction of sp³-hybridized carbons (Fsp3) is 0.357. The Morgan fingerprint density at radius 2 is 2.05 bits per heavy atom. The Morgan fingerprint density at radius 1 is 1.33 bits per heavy atom. The molecule has 1 unspecified atom stereocenters. The summed E-state index contributed by atoms with van der Waals surface area (Å²) >= 11 is 1.01. The number of nitrogens with zero attached hydrogens (tertiary/aromatic N) is 1. The van der Waals surface area contributed by atoms with E-state index in [-0.39, 0.29) is 15.4 Å². The van der Waals surface area contributed by atoms with E-state index in [9.17, 15) is 8.42 Å². The lowest BCUT2D eigenvalue weighted by atomic mass is 9.89. The molecule has 2 aromatic rings. The second kappa shape index (κ2) is 5.40. The maximum atomic E-state index is 12.5. The van der Waals surface area contributed by atoms with Gasteiger partial charge >= 0.3 is 0 Å². The van der Waals surface area contributed by atoms with Crippen molar-refractivity contribution >= 4 is 26.5 Å². The lowest BCUT2D eigenvalue weighted by Crippen LogP contribution is -2.38. The second-order valence-corrected chi connectivity index (χ2v) is 8.19. The number of nitrogens with one attached hydrogen (secondary N) is 1. The van der Waals surface area contributed by atoms with Crippen LogP contribution in [0.4, 0.5) is 5.13 Å². The van der Waals surface area contributed by atoms with Gasteiger partial charge in [-0.2, -0.15) is 0 Å². The zero-order chi connectivity index (χ0) is 15.0. The van der Waals surface area contributed by atoms with Crippen LogP contribution in [0.25, 0.3) is 0 Å². The lowest BCUT2D eigenvalue weighted by molar-refractivity contribution is 0.508. The normalized spacial score (nSPS) is 18.4. The number of aromatic nitrogens is 1. The van der Waals surface area contributed by atoms with Gasteiger partial charge in [-0.1, -0.05) is 35.6 Å². The first-order chi connectivity index (χ1) is 9.95. The molecule has 0 amide bonds. The Kier molecular flexibility index (Phi) is 3.73. The van der Waals surface area contributed by atoms with Gasteiger partial charge in [0.2, 0.25) is 0 Å². The van der Waals surface area contributed by atoms with Crippen LogP contribution in [0.1, 0.15) is 23.2 Å². The summed E-state index contributed by atoms with van der Waals surface area (Å²) < 4.78 is 27.9. The number of aryl methyl sites for hydroxylation is 2. The first-order valence-corrected chi connectivity index (χ1v) is 9.08. The Labute approximate surface area is 128 Å². The summed E-state index contributed by atoms with van der Waals surface area (Å²) in [5.41, 5.74) is 8.58. The standard InChI is InChI=1S/C14H17N3O2S2/c1-9-13(20-14(15)16-9)21(18,19)17-12-7-6-10-4-2-3-5-11(10)8-12/h2-5,12,17H,6-8H2,1H3,(H2,15,16). The van der Waals surface area contributed by atoms with Gasteiger partial charge in [0.1, 0.15) is 0 Å². The highest BCUT2D eigenvalue weighted by Gasteiger charge is 2.27. The van der Waals surface area contributed by atoms with Gasteiger partial charge < -0.3 is 5.73 Å². The summed E-state index contributed by atoms with van der Waals surface area (Å²) in [6, 6.07) is 8.10. The maximum absolute atomic E-state index is 12.5. The average Bonchev–Trinajstić information content (AvgIpc) is 2.78. The third kappa shape index (κ3) is 2.95. The molecule has 0 fully saturated rings. The fourth-order valence-corrected chi connectivity index (χ4v) is 5.31. The zero-order valence-corrected chi connectivity index (χ0v) is 13.3. The molecule has 112 valence electrons. The van der Waals surface area contributed by atoms with Crippen molar-refractivity contribution in [3.63, 3.8) is 0 Å². The maximum Gasteiger partial charge on any atom is 0.252 e. The Bertz CT molecular complexity index is 768. The van der Waals surface area contributed by atoms with Crippen LogP contribution >= 0.6 is 11.3 Å². The van der Waals surface area contributed by atoms with E-state index in [1.807, 2.05) is 12.1 Å². The largest absolute Gasteiger partial charge is 0.375 e. The molecule has 0 saturated heterocycles. The van der Waals surface area contributed by atoms with E-state index < -0.39 is 10.0 Å². The fourth-order valence-electron chi connectivity index (χ4n) is 2.72. The van der Waals surface area contributed by atoms with E-state index in [1.165, 1.54) is 11.1 Å². The predicted molar refractivity (Wildman–Crippen MR) is 83.8 cm³/mol. The summed E-state index contributed by atoms with van der Waals surface area (Å²) in [4.78, 5) is 3.98. The van der Waals surface area contributed by atoms with Gasteiger partial charge in [0, 0.05) is 6.04 Å². The van der Waals surface area contributed by atoms with Gasteiger partial charge in [0.05, 0.1) is 5.69 Å². The zero-order valence-electron chi connectivity index (χ0n) is 11.7. The first-order valence-electron chi connectivity index (χ1n) is 6.78. The highest BCUT2D eigenvalue weighted by Crippen LogP contribution is 2.27. The Balaban J connectivity index is 1.80. The summed E-state index contributed by atoms with van der Waals surface area (Å²) in [6.45, 7) is 1.66. The number of thiazole rings is 1. The molecule has 1 heterocycles. The number of nitrogens with two attached hydrogens (primary N) is 1. The number of hydrogen-bond acceptors (Lipinski definition) is 5. The highest BCUT2D eigenvalue weighted by atomic mass is 32.2. The summed E-state index contributed by atoms with van der Waals surface area (Å²) in [5, 5.41) is 0.280. The number of nitrogen functional groups attached to an aromatic ring is 1. The van der Waals surface area contributed by atoms with Crippen molar-refractivity contribution in [1.82, 2.24) is 9.71 Å². The molecule has 0 spiro atoms. The molecular formula is C14H17N3O2S2. The smallest absolute Gasteiger partial charge is 0.252 e. The third-order valence-electron chi connectivity index (χ3n) is 3.68. The van der Waals surface area contributed by atoms with Gasteiger partial charge in [-0.3, -0.25) is 0 Å². The molecule has 1 aromatic heterocycles. The van der Waals surface area contributed by atoms with Crippen molar-refractivity contribution in [3.8, 4) is 0 Å². The number of rotatable bonds is 3. The van der Waals surface area contributed by atoms with Crippen LogP contribution in [-0.4, -0.2) is 19.4 Å². The SMILES string of the molecule is Cc1nc(N)sc1S(=O)(=O)NC1CCc2ccccc2C1. The average molecular weight is 323 g/mol. The summed E-state index contributed by atoms with van der Waals surface area (Å²) in [7, 11) is -3.55. The van der Waals surface area contributed by atoms with Crippen molar-refractivity contribution in [2.45, 2.75) is 36.4 Å². The Morgan fingerprint density at radius 3 is 2.71 bits per heavy atom. The van der Waals surface area contributed by atoms with Gasteiger partial charge in [-0.05, 0) is 37.3 Å². The minimum Gasteiger partial charge on any atom is -0.375 e. The van der Waals surface area contributed by atoms with Crippen LogP contribution < -0.4 is 10.5 Å². The number of fused-ring (bicyclic) bond motifs is 1. The molecule has 0 saturated carbocycles. The van der Waals surface area contributed by atoms with Gasteiger partial charge in [-0.25, -0.2) is 18.1 Å². The predicted octanol–water partition coefficient (Wildman–Crippen LogP) is 1.87. The second-order valence-electron chi connectivity index (χ2n) is 5.25. The molecule has 1 aromatic carbocycles. The van der Waals surface area contributed by atoms with E-state index in [0.29, 0.717) is 5.69 Å². The van der Waals surface area contributed by atoms with E-state index >= 15 is 0 Å². The van der Waals surface area contributed by atoms with Crippen molar-refractivity contribution in [2.24, 2.45) is 0 Å². The summed E-state index contributed by atoms with van der Waals surface area (Å²) in [5.74, 6) is 0. The van der Waals surface area contributed by atoms with Crippen LogP contribution in [0.5, 0.6) is 0 Å². The minimum atomic E-state index is -3.55. The van der Waals surface area contributed by atoms with Crippen molar-refractivity contribution in [2.75, 3.05) is 5.73 Å². The molecule has 7 heteroatoms. The number of sulfonamides is 1. The monoisotopic (exact) mass is 323 g/mol.